The Morgan fingerprint density at radius 2 is 2.05 bits per heavy atom. The van der Waals surface area contributed by atoms with Crippen LogP contribution in [0.25, 0.3) is 10.2 Å². The second-order valence-electron chi connectivity index (χ2n) is 5.37. The van der Waals surface area contributed by atoms with E-state index in [-0.39, 0.29) is 0 Å². The Morgan fingerprint density at radius 1 is 1.26 bits per heavy atom. The summed E-state index contributed by atoms with van der Waals surface area (Å²) in [6.07, 6.45) is 6.69. The van der Waals surface area contributed by atoms with Crippen molar-refractivity contribution in [3.05, 3.63) is 24.3 Å². The van der Waals surface area contributed by atoms with E-state index >= 15 is 0 Å². The third-order valence-corrected chi connectivity index (χ3v) is 5.04. The van der Waals surface area contributed by atoms with Gasteiger partial charge in [0.2, 0.25) is 0 Å². The number of rotatable bonds is 4. The van der Waals surface area contributed by atoms with Crippen LogP contribution in [0.4, 0.5) is 5.13 Å². The first-order valence-corrected chi connectivity index (χ1v) is 8.00. The zero-order valence-corrected chi connectivity index (χ0v) is 12.0. The number of para-hydroxylation sites is 1. The number of thiazole rings is 1. The average molecular weight is 275 g/mol. The van der Waals surface area contributed by atoms with Gasteiger partial charge < -0.3 is 11.1 Å². The maximum atomic E-state index is 5.96. The zero-order chi connectivity index (χ0) is 13.1. The van der Waals surface area contributed by atoms with E-state index in [1.54, 1.807) is 11.3 Å². The molecule has 1 aliphatic rings. The van der Waals surface area contributed by atoms with Crippen molar-refractivity contribution in [2.75, 3.05) is 11.9 Å². The van der Waals surface area contributed by atoms with E-state index in [1.165, 1.54) is 36.8 Å². The van der Waals surface area contributed by atoms with Gasteiger partial charge in [-0.25, -0.2) is 4.98 Å². The van der Waals surface area contributed by atoms with Crippen molar-refractivity contribution in [2.45, 2.75) is 38.1 Å². The van der Waals surface area contributed by atoms with Crippen LogP contribution in [0.5, 0.6) is 0 Å². The molecule has 1 fully saturated rings. The van der Waals surface area contributed by atoms with Crippen LogP contribution in [0.15, 0.2) is 24.3 Å². The van der Waals surface area contributed by atoms with E-state index in [0.29, 0.717) is 18.5 Å². The summed E-state index contributed by atoms with van der Waals surface area (Å²) < 4.78 is 1.24. The molecule has 1 unspecified atom stereocenters. The van der Waals surface area contributed by atoms with Gasteiger partial charge in [-0.2, -0.15) is 0 Å². The maximum absolute atomic E-state index is 5.96. The predicted molar refractivity (Wildman–Crippen MR) is 82.7 cm³/mol. The van der Waals surface area contributed by atoms with Crippen molar-refractivity contribution >= 4 is 26.7 Å². The summed E-state index contributed by atoms with van der Waals surface area (Å²) >= 11 is 1.73. The molecule has 3 nitrogen and oxygen atoms in total. The molecule has 1 aromatic carbocycles. The Bertz CT molecular complexity index is 498. The summed E-state index contributed by atoms with van der Waals surface area (Å²) in [7, 11) is 0. The highest BCUT2D eigenvalue weighted by molar-refractivity contribution is 7.22. The molecule has 0 amide bonds. The number of hydrogen-bond acceptors (Lipinski definition) is 4. The summed E-state index contributed by atoms with van der Waals surface area (Å²) in [5.74, 6) is 0.714. The first-order chi connectivity index (χ1) is 9.36. The molecule has 0 spiro atoms. The molecule has 2 aromatic rings. The number of fused-ring (bicyclic) bond motifs is 1. The lowest BCUT2D eigenvalue weighted by Crippen LogP contribution is -2.37. The van der Waals surface area contributed by atoms with E-state index in [0.717, 1.165) is 10.6 Å². The topological polar surface area (TPSA) is 50.9 Å². The van der Waals surface area contributed by atoms with Crippen molar-refractivity contribution in [1.82, 2.24) is 4.98 Å². The summed E-state index contributed by atoms with van der Waals surface area (Å²) in [5, 5.41) is 4.59. The predicted octanol–water partition coefficient (Wildman–Crippen LogP) is 3.62. The van der Waals surface area contributed by atoms with Crippen LogP contribution < -0.4 is 11.1 Å². The lowest BCUT2D eigenvalue weighted by molar-refractivity contribution is 0.320. The van der Waals surface area contributed by atoms with Gasteiger partial charge in [0, 0.05) is 12.6 Å². The van der Waals surface area contributed by atoms with E-state index in [1.807, 2.05) is 6.07 Å². The van der Waals surface area contributed by atoms with Gasteiger partial charge in [0.1, 0.15) is 0 Å². The fourth-order valence-electron chi connectivity index (χ4n) is 3.00. The third kappa shape index (κ3) is 2.90. The molecular formula is C15H21N3S. The van der Waals surface area contributed by atoms with Gasteiger partial charge in [-0.3, -0.25) is 0 Å². The Labute approximate surface area is 118 Å². The van der Waals surface area contributed by atoms with Crippen LogP contribution in [-0.2, 0) is 0 Å². The summed E-state index contributed by atoms with van der Waals surface area (Å²) in [6, 6.07) is 8.66. The van der Waals surface area contributed by atoms with Gasteiger partial charge in [0.25, 0.3) is 0 Å². The molecule has 0 bridgehead atoms. The highest BCUT2D eigenvalue weighted by atomic mass is 32.1. The molecule has 3 rings (SSSR count). The van der Waals surface area contributed by atoms with Gasteiger partial charge in [-0.05, 0) is 30.9 Å². The fraction of sp³-hybridized carbons (Fsp3) is 0.533. The molecule has 19 heavy (non-hydrogen) atoms. The minimum Gasteiger partial charge on any atom is -0.357 e. The van der Waals surface area contributed by atoms with E-state index in [4.69, 9.17) is 5.73 Å². The molecule has 1 aliphatic carbocycles. The monoisotopic (exact) mass is 275 g/mol. The minimum atomic E-state index is 0.376. The second-order valence-corrected chi connectivity index (χ2v) is 6.40. The van der Waals surface area contributed by atoms with Gasteiger partial charge in [0.15, 0.2) is 5.13 Å². The second kappa shape index (κ2) is 5.88. The summed E-state index contributed by atoms with van der Waals surface area (Å²) in [6.45, 7) is 0.695. The highest BCUT2D eigenvalue weighted by Crippen LogP contribution is 2.30. The molecule has 0 saturated heterocycles. The van der Waals surface area contributed by atoms with E-state index < -0.39 is 0 Å². The van der Waals surface area contributed by atoms with E-state index in [2.05, 4.69) is 28.5 Å². The van der Waals surface area contributed by atoms with Gasteiger partial charge >= 0.3 is 0 Å². The number of aromatic nitrogens is 1. The Balaban J connectivity index is 1.74. The molecule has 0 radical (unpaired) electrons. The van der Waals surface area contributed by atoms with Crippen LogP contribution in [-0.4, -0.2) is 17.6 Å². The van der Waals surface area contributed by atoms with Crippen LogP contribution in [0.1, 0.15) is 32.1 Å². The first-order valence-electron chi connectivity index (χ1n) is 7.19. The highest BCUT2D eigenvalue weighted by Gasteiger charge is 2.23. The average Bonchev–Trinajstić information content (AvgIpc) is 2.88. The zero-order valence-electron chi connectivity index (χ0n) is 11.1. The maximum Gasteiger partial charge on any atom is 0.184 e. The Kier molecular flexibility index (Phi) is 3.99. The van der Waals surface area contributed by atoms with Crippen LogP contribution >= 0.6 is 11.3 Å². The smallest absolute Gasteiger partial charge is 0.184 e. The molecular weight excluding hydrogens is 254 g/mol. The quantitative estimate of drug-likeness (QED) is 0.896. The van der Waals surface area contributed by atoms with Crippen molar-refractivity contribution in [2.24, 2.45) is 11.7 Å². The van der Waals surface area contributed by atoms with Crippen LogP contribution in [0, 0.1) is 5.92 Å². The van der Waals surface area contributed by atoms with Crippen molar-refractivity contribution in [3.8, 4) is 0 Å². The Hall–Kier alpha value is -1.13. The molecule has 1 heterocycles. The Morgan fingerprint density at radius 3 is 2.79 bits per heavy atom. The molecule has 102 valence electrons. The van der Waals surface area contributed by atoms with Gasteiger partial charge in [-0.1, -0.05) is 42.7 Å². The summed E-state index contributed by atoms with van der Waals surface area (Å²) in [5.41, 5.74) is 7.04. The molecule has 1 aromatic heterocycles. The van der Waals surface area contributed by atoms with Gasteiger partial charge in [-0.15, -0.1) is 0 Å². The van der Waals surface area contributed by atoms with Crippen LogP contribution in [0.3, 0.4) is 0 Å². The largest absolute Gasteiger partial charge is 0.357 e. The van der Waals surface area contributed by atoms with Gasteiger partial charge in [0.05, 0.1) is 10.2 Å². The lowest BCUT2D eigenvalue weighted by Gasteiger charge is -2.29. The normalized spacial score (nSPS) is 18.6. The standard InChI is InChI=1S/C15H21N3S/c16-10-13(11-6-2-1-3-7-11)18-15-17-12-8-4-5-9-14(12)19-15/h4-5,8-9,11,13H,1-3,6-7,10,16H2,(H,17,18). The first kappa shape index (κ1) is 12.9. The fourth-order valence-corrected chi connectivity index (χ4v) is 3.93. The minimum absolute atomic E-state index is 0.376. The number of anilines is 1. The molecule has 0 aliphatic heterocycles. The number of nitrogens with two attached hydrogens (primary N) is 1. The summed E-state index contributed by atoms with van der Waals surface area (Å²) in [4.78, 5) is 4.65. The molecule has 3 N–H and O–H groups in total. The third-order valence-electron chi connectivity index (χ3n) is 4.08. The number of nitrogens with zero attached hydrogens (tertiary/aromatic N) is 1. The number of nitrogens with one attached hydrogen (secondary N) is 1. The van der Waals surface area contributed by atoms with E-state index in [9.17, 15) is 0 Å². The lowest BCUT2D eigenvalue weighted by atomic mass is 9.84. The number of benzene rings is 1. The van der Waals surface area contributed by atoms with Crippen LogP contribution in [0.2, 0.25) is 0 Å². The van der Waals surface area contributed by atoms with Crippen molar-refractivity contribution in [3.63, 3.8) is 0 Å². The SMILES string of the molecule is NCC(Nc1nc2ccccc2s1)C1CCCCC1. The number of hydrogen-bond donors (Lipinski definition) is 2. The molecule has 1 atom stereocenters. The molecule has 1 saturated carbocycles. The van der Waals surface area contributed by atoms with Crippen molar-refractivity contribution < 1.29 is 0 Å². The van der Waals surface area contributed by atoms with Crippen molar-refractivity contribution in [1.29, 1.82) is 0 Å². The molecule has 4 heteroatoms.